The van der Waals surface area contributed by atoms with Crippen molar-refractivity contribution in [3.05, 3.63) is 35.4 Å². The Morgan fingerprint density at radius 2 is 1.88 bits per heavy atom. The Bertz CT molecular complexity index is 800. The van der Waals surface area contributed by atoms with Gasteiger partial charge in [-0.25, -0.2) is 4.99 Å². The third kappa shape index (κ3) is 9.21. The Balaban J connectivity index is 0.00000408. The molecule has 0 atom stereocenters. The zero-order valence-corrected chi connectivity index (χ0v) is 23.3. The number of aliphatic imine (C=N–C) groups is 1. The largest absolute Gasteiger partial charge is 0.385 e. The van der Waals surface area contributed by atoms with Crippen molar-refractivity contribution < 1.29 is 9.53 Å². The highest BCUT2D eigenvalue weighted by Gasteiger charge is 2.33. The van der Waals surface area contributed by atoms with Gasteiger partial charge in [0.15, 0.2) is 5.96 Å². The first kappa shape index (κ1) is 28.6. The Labute approximate surface area is 217 Å². The van der Waals surface area contributed by atoms with E-state index in [4.69, 9.17) is 9.73 Å². The highest BCUT2D eigenvalue weighted by molar-refractivity contribution is 8.93. The Kier molecular flexibility index (Phi) is 11.4. The Morgan fingerprint density at radius 1 is 1.15 bits per heavy atom. The van der Waals surface area contributed by atoms with Crippen molar-refractivity contribution in [3.8, 4) is 0 Å². The number of nitrogens with zero attached hydrogens (tertiary/aromatic N) is 2. The van der Waals surface area contributed by atoms with E-state index < -0.39 is 0 Å². The molecule has 2 fully saturated rings. The molecule has 1 saturated heterocycles. The van der Waals surface area contributed by atoms with Crippen molar-refractivity contribution in [3.63, 3.8) is 0 Å². The van der Waals surface area contributed by atoms with Crippen molar-refractivity contribution in [2.75, 3.05) is 33.4 Å². The number of hydrogen-bond donors (Lipinski definition) is 2. The van der Waals surface area contributed by atoms with Gasteiger partial charge >= 0.3 is 0 Å². The monoisotopic (exact) mass is 536 g/mol. The number of likely N-dealkylation sites (tertiary alicyclic amines) is 1. The molecule has 1 heterocycles. The van der Waals surface area contributed by atoms with Crippen molar-refractivity contribution in [2.45, 2.75) is 78.8 Å². The average molecular weight is 538 g/mol. The second-order valence-corrected chi connectivity index (χ2v) is 11.1. The molecule has 1 aliphatic carbocycles. The summed E-state index contributed by atoms with van der Waals surface area (Å²) in [6.45, 7) is 11.5. The zero-order valence-electron chi connectivity index (χ0n) is 21.6. The van der Waals surface area contributed by atoms with Crippen LogP contribution < -0.4 is 10.6 Å². The van der Waals surface area contributed by atoms with Crippen LogP contribution in [0, 0.1) is 10.8 Å². The van der Waals surface area contributed by atoms with E-state index in [-0.39, 0.29) is 28.3 Å². The van der Waals surface area contributed by atoms with Crippen molar-refractivity contribution in [1.29, 1.82) is 0 Å². The minimum atomic E-state index is 0. The fourth-order valence-corrected chi connectivity index (χ4v) is 4.84. The van der Waals surface area contributed by atoms with Gasteiger partial charge in [0.1, 0.15) is 0 Å². The highest BCUT2D eigenvalue weighted by Crippen LogP contribution is 2.40. The van der Waals surface area contributed by atoms with Crippen molar-refractivity contribution >= 4 is 28.8 Å². The summed E-state index contributed by atoms with van der Waals surface area (Å²) in [6, 6.07) is 8.49. The second-order valence-electron chi connectivity index (χ2n) is 11.1. The third-order valence-electron chi connectivity index (χ3n) is 6.87. The maximum Gasteiger partial charge on any atom is 0.222 e. The summed E-state index contributed by atoms with van der Waals surface area (Å²) >= 11 is 0. The molecule has 1 aliphatic heterocycles. The molecule has 1 amide bonds. The summed E-state index contributed by atoms with van der Waals surface area (Å²) < 4.78 is 5.40. The number of benzene rings is 1. The van der Waals surface area contributed by atoms with E-state index in [0.29, 0.717) is 24.9 Å². The van der Waals surface area contributed by atoms with E-state index in [1.807, 2.05) is 4.90 Å². The van der Waals surface area contributed by atoms with Crippen LogP contribution in [0.5, 0.6) is 0 Å². The molecule has 6 nitrogen and oxygen atoms in total. The van der Waals surface area contributed by atoms with Crippen molar-refractivity contribution in [2.24, 2.45) is 15.8 Å². The van der Waals surface area contributed by atoms with Gasteiger partial charge in [0, 0.05) is 46.3 Å². The molecule has 3 rings (SSSR count). The molecule has 7 heteroatoms. The molecule has 1 aromatic rings. The molecular weight excluding hydrogens is 492 g/mol. The van der Waals surface area contributed by atoms with Gasteiger partial charge in [-0.3, -0.25) is 4.79 Å². The van der Waals surface area contributed by atoms with Gasteiger partial charge in [0.2, 0.25) is 5.91 Å². The fourth-order valence-electron chi connectivity index (χ4n) is 4.84. The van der Waals surface area contributed by atoms with E-state index in [2.05, 4.69) is 55.7 Å². The van der Waals surface area contributed by atoms with Gasteiger partial charge in [-0.1, -0.05) is 57.9 Å². The van der Waals surface area contributed by atoms with Crippen LogP contribution in [0.2, 0.25) is 0 Å². The average Bonchev–Trinajstić information content (AvgIpc) is 3.41. The highest BCUT2D eigenvalue weighted by atomic mass is 79.9. The van der Waals surface area contributed by atoms with Gasteiger partial charge in [0.05, 0.1) is 6.54 Å². The Hall–Kier alpha value is -1.60. The molecule has 0 bridgehead atoms. The quantitative estimate of drug-likeness (QED) is 0.323. The summed E-state index contributed by atoms with van der Waals surface area (Å²) in [5, 5.41) is 7.22. The number of carbonyl (C=O) groups excluding carboxylic acids is 1. The summed E-state index contributed by atoms with van der Waals surface area (Å²) in [4.78, 5) is 18.9. The van der Waals surface area contributed by atoms with E-state index in [9.17, 15) is 4.79 Å². The third-order valence-corrected chi connectivity index (χ3v) is 6.87. The maximum atomic E-state index is 12.0. The van der Waals surface area contributed by atoms with Crippen LogP contribution in [-0.2, 0) is 22.6 Å². The molecule has 0 aromatic heterocycles. The number of carbonyl (C=O) groups is 1. The van der Waals surface area contributed by atoms with Crippen molar-refractivity contribution in [1.82, 2.24) is 15.5 Å². The molecule has 0 unspecified atom stereocenters. The molecule has 1 saturated carbocycles. The lowest BCUT2D eigenvalue weighted by Crippen LogP contribution is -2.45. The van der Waals surface area contributed by atoms with Crippen LogP contribution in [-0.4, -0.2) is 50.1 Å². The smallest absolute Gasteiger partial charge is 0.222 e. The van der Waals surface area contributed by atoms with Gasteiger partial charge in [-0.15, -0.1) is 17.0 Å². The number of hydrogen-bond acceptors (Lipinski definition) is 3. The summed E-state index contributed by atoms with van der Waals surface area (Å²) in [5.74, 6) is 1.15. The van der Waals surface area contributed by atoms with Crippen LogP contribution in [0.1, 0.15) is 76.8 Å². The lowest BCUT2D eigenvalue weighted by Gasteiger charge is -2.30. The normalized spacial score (nSPS) is 18.2. The van der Waals surface area contributed by atoms with Gasteiger partial charge in [-0.05, 0) is 47.6 Å². The van der Waals surface area contributed by atoms with Crippen LogP contribution in [0.25, 0.3) is 0 Å². The van der Waals surface area contributed by atoms with Crippen LogP contribution in [0.3, 0.4) is 0 Å². The van der Waals surface area contributed by atoms with Gasteiger partial charge in [0.25, 0.3) is 0 Å². The number of amides is 1. The zero-order chi connectivity index (χ0) is 23.7. The first-order valence-electron chi connectivity index (χ1n) is 12.7. The predicted octanol–water partition coefficient (Wildman–Crippen LogP) is 5.07. The molecular formula is C27H45BrN4O2. The molecule has 2 aliphatic rings. The number of methoxy groups -OCH3 is 1. The lowest BCUT2D eigenvalue weighted by molar-refractivity contribution is -0.128. The first-order chi connectivity index (χ1) is 15.8. The van der Waals surface area contributed by atoms with E-state index in [0.717, 1.165) is 45.0 Å². The summed E-state index contributed by atoms with van der Waals surface area (Å²) in [7, 11) is 1.79. The molecule has 34 heavy (non-hydrogen) atoms. The summed E-state index contributed by atoms with van der Waals surface area (Å²) in [5.41, 5.74) is 2.83. The summed E-state index contributed by atoms with van der Waals surface area (Å²) in [6.07, 6.45) is 7.88. The molecule has 2 N–H and O–H groups in total. The van der Waals surface area contributed by atoms with Crippen LogP contribution in [0.4, 0.5) is 0 Å². The molecule has 192 valence electrons. The van der Waals surface area contributed by atoms with Gasteiger partial charge in [-0.2, -0.15) is 0 Å². The topological polar surface area (TPSA) is 66.0 Å². The van der Waals surface area contributed by atoms with E-state index in [1.165, 1.54) is 36.8 Å². The SMILES string of the molecule is Br.COCCC1(CNC(=NCc2cccc(CN3CCCC3=O)c2)NCC(C)(C)C)CCCC1. The van der Waals surface area contributed by atoms with E-state index in [1.54, 1.807) is 7.11 Å². The number of guanidine groups is 1. The number of ether oxygens (including phenoxy) is 1. The lowest BCUT2D eigenvalue weighted by atomic mass is 9.83. The maximum absolute atomic E-state index is 12.0. The minimum absolute atomic E-state index is 0. The van der Waals surface area contributed by atoms with Gasteiger partial charge < -0.3 is 20.3 Å². The second kappa shape index (κ2) is 13.5. The number of halogens is 1. The molecule has 0 radical (unpaired) electrons. The standard InChI is InChI=1S/C27H44N4O2.BrH/c1-26(2,3)20-29-25(30-21-27(14-16-33-4)12-5-6-13-27)28-18-22-9-7-10-23(17-22)19-31-15-8-11-24(31)32;/h7,9-10,17H,5-6,8,11-16,18-21H2,1-4H3,(H2,28,29,30);1H. The first-order valence-corrected chi connectivity index (χ1v) is 12.7. The molecule has 0 spiro atoms. The van der Waals surface area contributed by atoms with Crippen LogP contribution in [0.15, 0.2) is 29.3 Å². The van der Waals surface area contributed by atoms with E-state index >= 15 is 0 Å². The number of nitrogens with one attached hydrogen (secondary N) is 2. The molecule has 1 aromatic carbocycles. The number of rotatable bonds is 10. The fraction of sp³-hybridized carbons (Fsp3) is 0.704. The minimum Gasteiger partial charge on any atom is -0.385 e. The predicted molar refractivity (Wildman–Crippen MR) is 145 cm³/mol. The Morgan fingerprint density at radius 3 is 2.53 bits per heavy atom. The van der Waals surface area contributed by atoms with Crippen LogP contribution >= 0.6 is 17.0 Å².